The van der Waals surface area contributed by atoms with E-state index < -0.39 is 5.97 Å². The topological polar surface area (TPSA) is 53.1 Å². The van der Waals surface area contributed by atoms with Crippen molar-refractivity contribution >= 4 is 16.9 Å². The number of benzene rings is 3. The maximum absolute atomic E-state index is 11.5. The molecule has 0 aliphatic heterocycles. The minimum absolute atomic E-state index is 0.00291. The number of hydrogen-bond acceptors (Lipinski definition) is 1. The molecule has 4 rings (SSSR count). The molecule has 0 aliphatic carbocycles. The molecule has 3 nitrogen and oxygen atoms in total. The molecule has 0 spiro atoms. The van der Waals surface area contributed by atoms with Gasteiger partial charge >= 0.3 is 5.97 Å². The van der Waals surface area contributed by atoms with Gasteiger partial charge in [-0.1, -0.05) is 67.6 Å². The number of nitrogens with one attached hydrogen (secondary N) is 1. The average molecular weight is 355 g/mol. The van der Waals surface area contributed by atoms with Crippen molar-refractivity contribution in [2.75, 3.05) is 0 Å². The minimum Gasteiger partial charge on any atom is -0.481 e. The van der Waals surface area contributed by atoms with E-state index in [0.29, 0.717) is 0 Å². The standard InChI is InChI=1S/C24H21NO2/c1-2-16-8-13-22-20(14-16)21(15-23(26)27)24(25-22)19-11-9-18(10-12-19)17-6-4-3-5-7-17/h3-14,25H,2,15H2,1H3,(H,26,27). The van der Waals surface area contributed by atoms with Crippen molar-refractivity contribution in [1.82, 2.24) is 4.98 Å². The Balaban J connectivity index is 1.81. The Morgan fingerprint density at radius 1 is 0.889 bits per heavy atom. The van der Waals surface area contributed by atoms with Gasteiger partial charge in [-0.2, -0.15) is 0 Å². The van der Waals surface area contributed by atoms with Gasteiger partial charge in [0.25, 0.3) is 0 Å². The molecule has 3 aromatic carbocycles. The highest BCUT2D eigenvalue weighted by molar-refractivity contribution is 5.94. The highest BCUT2D eigenvalue weighted by atomic mass is 16.4. The van der Waals surface area contributed by atoms with Gasteiger partial charge in [0.15, 0.2) is 0 Å². The maximum Gasteiger partial charge on any atom is 0.307 e. The van der Waals surface area contributed by atoms with Crippen molar-refractivity contribution in [2.45, 2.75) is 19.8 Å². The first-order valence-electron chi connectivity index (χ1n) is 9.17. The number of aromatic amines is 1. The van der Waals surface area contributed by atoms with Crippen LogP contribution in [-0.4, -0.2) is 16.1 Å². The van der Waals surface area contributed by atoms with Crippen LogP contribution in [0.2, 0.25) is 0 Å². The van der Waals surface area contributed by atoms with Crippen LogP contribution in [0.5, 0.6) is 0 Å². The Hall–Kier alpha value is -3.33. The molecule has 4 aromatic rings. The number of carboxylic acid groups (broad SMARTS) is 1. The summed E-state index contributed by atoms with van der Waals surface area (Å²) in [6.45, 7) is 2.11. The number of fused-ring (bicyclic) bond motifs is 1. The average Bonchev–Trinajstić information content (AvgIpc) is 3.06. The molecule has 1 heterocycles. The van der Waals surface area contributed by atoms with E-state index in [1.165, 1.54) is 11.1 Å². The van der Waals surface area contributed by atoms with E-state index in [4.69, 9.17) is 0 Å². The lowest BCUT2D eigenvalue weighted by molar-refractivity contribution is -0.136. The van der Waals surface area contributed by atoms with Gasteiger partial charge in [-0.25, -0.2) is 0 Å². The van der Waals surface area contributed by atoms with Gasteiger partial charge in [0.2, 0.25) is 0 Å². The summed E-state index contributed by atoms with van der Waals surface area (Å²) in [5, 5.41) is 10.4. The quantitative estimate of drug-likeness (QED) is 0.483. The second kappa shape index (κ2) is 7.12. The summed E-state index contributed by atoms with van der Waals surface area (Å²) in [7, 11) is 0. The number of carbonyl (C=O) groups is 1. The normalized spacial score (nSPS) is 11.0. The molecule has 0 unspecified atom stereocenters. The summed E-state index contributed by atoms with van der Waals surface area (Å²) in [5.41, 5.74) is 7.23. The fourth-order valence-corrected chi connectivity index (χ4v) is 3.56. The van der Waals surface area contributed by atoms with Gasteiger partial charge < -0.3 is 10.1 Å². The lowest BCUT2D eigenvalue weighted by Gasteiger charge is -2.06. The molecule has 1 aromatic heterocycles. The van der Waals surface area contributed by atoms with E-state index in [1.807, 2.05) is 24.3 Å². The predicted molar refractivity (Wildman–Crippen MR) is 110 cm³/mol. The fraction of sp³-hybridized carbons (Fsp3) is 0.125. The predicted octanol–water partition coefficient (Wildman–Crippen LogP) is 5.69. The number of rotatable bonds is 5. The highest BCUT2D eigenvalue weighted by Gasteiger charge is 2.16. The van der Waals surface area contributed by atoms with Crippen molar-refractivity contribution in [3.05, 3.63) is 83.9 Å². The summed E-state index contributed by atoms with van der Waals surface area (Å²) in [5.74, 6) is -0.819. The van der Waals surface area contributed by atoms with Crippen LogP contribution in [0, 0.1) is 0 Å². The van der Waals surface area contributed by atoms with Crippen molar-refractivity contribution in [1.29, 1.82) is 0 Å². The minimum atomic E-state index is -0.819. The number of aliphatic carboxylic acids is 1. The molecule has 3 heteroatoms. The van der Waals surface area contributed by atoms with Gasteiger partial charge in [0, 0.05) is 10.9 Å². The number of hydrogen-bond donors (Lipinski definition) is 2. The third kappa shape index (κ3) is 3.36. The van der Waals surface area contributed by atoms with Crippen molar-refractivity contribution in [3.8, 4) is 22.4 Å². The monoisotopic (exact) mass is 355 g/mol. The number of carboxylic acids is 1. The Morgan fingerprint density at radius 2 is 1.56 bits per heavy atom. The summed E-state index contributed by atoms with van der Waals surface area (Å²) in [6.07, 6.45) is 0.928. The second-order valence-electron chi connectivity index (χ2n) is 6.73. The second-order valence-corrected chi connectivity index (χ2v) is 6.73. The third-order valence-corrected chi connectivity index (χ3v) is 4.99. The maximum atomic E-state index is 11.5. The smallest absolute Gasteiger partial charge is 0.307 e. The lowest BCUT2D eigenvalue weighted by atomic mass is 9.99. The molecule has 0 amide bonds. The largest absolute Gasteiger partial charge is 0.481 e. The van der Waals surface area contributed by atoms with Crippen LogP contribution in [0.4, 0.5) is 0 Å². The molecule has 27 heavy (non-hydrogen) atoms. The third-order valence-electron chi connectivity index (χ3n) is 4.99. The van der Waals surface area contributed by atoms with Gasteiger partial charge in [-0.05, 0) is 46.4 Å². The molecular weight excluding hydrogens is 334 g/mol. The van der Waals surface area contributed by atoms with Crippen LogP contribution in [0.3, 0.4) is 0 Å². The van der Waals surface area contributed by atoms with Crippen LogP contribution in [0.1, 0.15) is 18.1 Å². The van der Waals surface area contributed by atoms with Crippen molar-refractivity contribution in [3.63, 3.8) is 0 Å². The first-order valence-corrected chi connectivity index (χ1v) is 9.17. The van der Waals surface area contributed by atoms with E-state index in [0.717, 1.165) is 39.7 Å². The first kappa shape index (κ1) is 17.1. The van der Waals surface area contributed by atoms with Crippen LogP contribution in [0.25, 0.3) is 33.3 Å². The molecule has 0 radical (unpaired) electrons. The summed E-state index contributed by atoms with van der Waals surface area (Å²) >= 11 is 0. The zero-order valence-electron chi connectivity index (χ0n) is 15.2. The molecular formula is C24H21NO2. The number of aryl methyl sites for hydroxylation is 1. The Bertz CT molecular complexity index is 1090. The number of aromatic nitrogens is 1. The molecule has 0 atom stereocenters. The zero-order valence-corrected chi connectivity index (χ0v) is 15.2. The molecule has 134 valence electrons. The van der Waals surface area contributed by atoms with Crippen molar-refractivity contribution in [2.24, 2.45) is 0 Å². The molecule has 0 bridgehead atoms. The Kier molecular flexibility index (Phi) is 4.51. The van der Waals surface area contributed by atoms with E-state index in [9.17, 15) is 9.90 Å². The summed E-state index contributed by atoms with van der Waals surface area (Å²) in [6, 6.07) is 24.7. The molecule has 2 N–H and O–H groups in total. The van der Waals surface area contributed by atoms with E-state index in [-0.39, 0.29) is 6.42 Å². The van der Waals surface area contributed by atoms with Crippen LogP contribution in [-0.2, 0) is 17.6 Å². The van der Waals surface area contributed by atoms with E-state index in [2.05, 4.69) is 60.4 Å². The van der Waals surface area contributed by atoms with Crippen LogP contribution < -0.4 is 0 Å². The number of H-pyrrole nitrogens is 1. The van der Waals surface area contributed by atoms with Gasteiger partial charge in [-0.3, -0.25) is 4.79 Å². The summed E-state index contributed by atoms with van der Waals surface area (Å²) < 4.78 is 0. The Morgan fingerprint density at radius 3 is 2.22 bits per heavy atom. The molecule has 0 fully saturated rings. The molecule has 0 aliphatic rings. The van der Waals surface area contributed by atoms with Crippen molar-refractivity contribution < 1.29 is 9.90 Å². The highest BCUT2D eigenvalue weighted by Crippen LogP contribution is 2.33. The fourth-order valence-electron chi connectivity index (χ4n) is 3.56. The van der Waals surface area contributed by atoms with Gasteiger partial charge in [0.1, 0.15) is 0 Å². The van der Waals surface area contributed by atoms with Gasteiger partial charge in [-0.15, -0.1) is 0 Å². The Labute approximate surface area is 158 Å². The van der Waals surface area contributed by atoms with E-state index >= 15 is 0 Å². The summed E-state index contributed by atoms with van der Waals surface area (Å²) in [4.78, 5) is 14.9. The first-order chi connectivity index (χ1) is 13.2. The van der Waals surface area contributed by atoms with Crippen LogP contribution >= 0.6 is 0 Å². The lowest BCUT2D eigenvalue weighted by Crippen LogP contribution is -2.01. The zero-order chi connectivity index (χ0) is 18.8. The van der Waals surface area contributed by atoms with Gasteiger partial charge in [0.05, 0.1) is 12.1 Å². The SMILES string of the molecule is CCc1ccc2[nH]c(-c3ccc(-c4ccccc4)cc3)c(CC(=O)O)c2c1. The van der Waals surface area contributed by atoms with E-state index in [1.54, 1.807) is 0 Å². The molecule has 0 saturated heterocycles. The van der Waals surface area contributed by atoms with Crippen LogP contribution in [0.15, 0.2) is 72.8 Å². The molecule has 0 saturated carbocycles.